The molecule has 0 aromatic carbocycles. The highest BCUT2D eigenvalue weighted by Gasteiger charge is 2.39. The number of phosphoric ester groups is 3. The Bertz CT molecular complexity index is 868. The lowest BCUT2D eigenvalue weighted by Gasteiger charge is -2.34. The van der Waals surface area contributed by atoms with Crippen molar-refractivity contribution in [1.29, 1.82) is 0 Å². The fourth-order valence-electron chi connectivity index (χ4n) is 3.74. The molecule has 14 nitrogen and oxygen atoms in total. The van der Waals surface area contributed by atoms with Crippen molar-refractivity contribution in [2.75, 3.05) is 26.4 Å². The van der Waals surface area contributed by atoms with Crippen LogP contribution in [-0.2, 0) is 36.3 Å². The standard InChI is InChI=1S/C21H48BFNO13P3/c1-6-19(24-23)11-17(14-25)15-35-40(31,32)36-20(4,7-2)9-10-33-39(29,30)37-21(5,8-3)12-18(13-22)16-34-38(26,27)28/h17-19,24-25H,6-16,22H2,1-5H3,(H,29,30)(H,31,32)(H2,26,27,28). The first-order valence-electron chi connectivity index (χ1n) is 13.3. The number of hydrogen-bond donors (Lipinski definition) is 6. The van der Waals surface area contributed by atoms with E-state index in [0.717, 1.165) is 0 Å². The first-order chi connectivity index (χ1) is 18.3. The van der Waals surface area contributed by atoms with E-state index in [1.807, 2.05) is 0 Å². The quantitative estimate of drug-likeness (QED) is 0.0505. The van der Waals surface area contributed by atoms with Crippen LogP contribution in [0.2, 0.25) is 6.32 Å². The number of aliphatic hydroxyl groups excluding tert-OH is 1. The summed E-state index contributed by atoms with van der Waals surface area (Å²) in [7, 11) is -12.1. The van der Waals surface area contributed by atoms with Gasteiger partial charge in [-0.05, 0) is 51.9 Å². The van der Waals surface area contributed by atoms with Gasteiger partial charge >= 0.3 is 23.5 Å². The molecule has 0 bridgehead atoms. The monoisotopic (exact) mass is 645 g/mol. The molecule has 240 valence electrons. The second-order valence-electron chi connectivity index (χ2n) is 10.4. The second-order valence-corrected chi connectivity index (χ2v) is 14.4. The Kier molecular flexibility index (Phi) is 18.3. The molecule has 0 aromatic rings. The van der Waals surface area contributed by atoms with Crippen LogP contribution in [0.4, 0.5) is 4.48 Å². The van der Waals surface area contributed by atoms with Crippen molar-refractivity contribution >= 4 is 31.3 Å². The van der Waals surface area contributed by atoms with Crippen LogP contribution in [0.1, 0.15) is 73.1 Å². The number of nitrogens with one attached hydrogen (secondary N) is 1. The first-order valence-corrected chi connectivity index (χ1v) is 17.9. The van der Waals surface area contributed by atoms with E-state index in [1.165, 1.54) is 6.92 Å². The summed E-state index contributed by atoms with van der Waals surface area (Å²) >= 11 is 0. The van der Waals surface area contributed by atoms with Crippen LogP contribution < -0.4 is 5.54 Å². The Morgan fingerprint density at radius 3 is 1.85 bits per heavy atom. The van der Waals surface area contributed by atoms with Gasteiger partial charge in [-0.2, -0.15) is 5.54 Å². The third-order valence-electron chi connectivity index (χ3n) is 6.83. The second kappa shape index (κ2) is 18.1. The molecule has 0 saturated heterocycles. The largest absolute Gasteiger partial charge is 0.472 e. The highest BCUT2D eigenvalue weighted by Crippen LogP contribution is 2.52. The summed E-state index contributed by atoms with van der Waals surface area (Å²) in [5, 5.41) is 9.49. The summed E-state index contributed by atoms with van der Waals surface area (Å²) in [5.74, 6) is -0.992. The third-order valence-corrected chi connectivity index (χ3v) is 9.64. The highest BCUT2D eigenvalue weighted by atomic mass is 31.2. The van der Waals surface area contributed by atoms with Crippen LogP contribution in [0.15, 0.2) is 0 Å². The molecule has 7 atom stereocenters. The maximum Gasteiger partial charge on any atom is 0.472 e. The van der Waals surface area contributed by atoms with Crippen molar-refractivity contribution in [3.05, 3.63) is 0 Å². The molecule has 0 aliphatic carbocycles. The van der Waals surface area contributed by atoms with Gasteiger partial charge in [0.05, 0.1) is 31.0 Å². The van der Waals surface area contributed by atoms with Crippen molar-refractivity contribution in [3.8, 4) is 0 Å². The van der Waals surface area contributed by atoms with Gasteiger partial charge in [-0.1, -0.05) is 27.1 Å². The minimum atomic E-state index is -4.67. The molecular formula is C21H48BFNO13P3. The fraction of sp³-hybridized carbons (Fsp3) is 1.00. The summed E-state index contributed by atoms with van der Waals surface area (Å²) < 4.78 is 74.6. The van der Waals surface area contributed by atoms with E-state index >= 15 is 0 Å². The van der Waals surface area contributed by atoms with Crippen LogP contribution in [0.25, 0.3) is 0 Å². The minimum Gasteiger partial charge on any atom is -0.396 e. The zero-order valence-electron chi connectivity index (χ0n) is 24.2. The number of hydrogen-bond acceptors (Lipinski definition) is 10. The van der Waals surface area contributed by atoms with Crippen molar-refractivity contribution < 1.29 is 65.5 Å². The van der Waals surface area contributed by atoms with Gasteiger partial charge in [0.15, 0.2) is 0 Å². The molecule has 0 fully saturated rings. The first kappa shape index (κ1) is 40.2. The van der Waals surface area contributed by atoms with Crippen molar-refractivity contribution in [2.45, 2.75) is 96.7 Å². The number of phosphoric acid groups is 3. The van der Waals surface area contributed by atoms with E-state index in [2.05, 4.69) is 4.52 Å². The number of aliphatic hydroxyl groups is 1. The molecule has 0 aliphatic rings. The van der Waals surface area contributed by atoms with Gasteiger partial charge < -0.3 is 24.7 Å². The summed E-state index contributed by atoms with van der Waals surface area (Å²) in [4.78, 5) is 38.5. The Morgan fingerprint density at radius 1 is 0.875 bits per heavy atom. The van der Waals surface area contributed by atoms with Gasteiger partial charge in [0.2, 0.25) is 0 Å². The lowest BCUT2D eigenvalue weighted by molar-refractivity contribution is -0.00850. The minimum absolute atomic E-state index is 0.0883. The molecule has 19 heteroatoms. The Balaban J connectivity index is 5.09. The van der Waals surface area contributed by atoms with Crippen LogP contribution in [0.3, 0.4) is 0 Å². The summed E-state index contributed by atoms with van der Waals surface area (Å²) in [5.41, 5.74) is -0.873. The molecule has 0 spiro atoms. The van der Waals surface area contributed by atoms with E-state index in [4.69, 9.17) is 27.9 Å². The molecule has 0 aliphatic heterocycles. The molecule has 6 N–H and O–H groups in total. The third kappa shape index (κ3) is 17.4. The van der Waals surface area contributed by atoms with E-state index in [0.29, 0.717) is 12.7 Å². The summed E-state index contributed by atoms with van der Waals surface area (Å²) in [6.07, 6.45) is 1.63. The zero-order chi connectivity index (χ0) is 31.3. The predicted molar refractivity (Wildman–Crippen MR) is 149 cm³/mol. The molecule has 0 radical (unpaired) electrons. The van der Waals surface area contributed by atoms with E-state index in [-0.39, 0.29) is 57.8 Å². The van der Waals surface area contributed by atoms with Crippen LogP contribution in [-0.4, -0.2) is 76.2 Å². The smallest absolute Gasteiger partial charge is 0.396 e. The molecule has 40 heavy (non-hydrogen) atoms. The molecule has 0 aromatic heterocycles. The Morgan fingerprint density at radius 2 is 1.40 bits per heavy atom. The van der Waals surface area contributed by atoms with Crippen LogP contribution in [0.5, 0.6) is 0 Å². The van der Waals surface area contributed by atoms with E-state index in [1.54, 1.807) is 41.1 Å². The van der Waals surface area contributed by atoms with Gasteiger partial charge in [-0.3, -0.25) is 22.6 Å². The Labute approximate surface area is 237 Å². The average Bonchev–Trinajstić information content (AvgIpc) is 2.85. The summed E-state index contributed by atoms with van der Waals surface area (Å²) in [6, 6.07) is -0.551. The molecule has 7 unspecified atom stereocenters. The van der Waals surface area contributed by atoms with Gasteiger partial charge in [0.1, 0.15) is 7.85 Å². The van der Waals surface area contributed by atoms with Gasteiger partial charge in [0.25, 0.3) is 0 Å². The SMILES string of the molecule is BCC(COP(=O)(O)O)CC(C)(CC)OP(=O)(O)OCCC(C)(CC)OP(=O)(O)OCC(CO)CC(CC)NF. The fourth-order valence-corrected chi connectivity index (χ4v) is 6.51. The van der Waals surface area contributed by atoms with Crippen molar-refractivity contribution in [2.24, 2.45) is 11.8 Å². The molecule has 0 amide bonds. The number of rotatable bonds is 24. The predicted octanol–water partition coefficient (Wildman–Crippen LogP) is 3.40. The maximum atomic E-state index is 12.8. The molecule has 0 saturated carbocycles. The average molecular weight is 645 g/mol. The molecule has 0 heterocycles. The van der Waals surface area contributed by atoms with E-state index < -0.39 is 53.2 Å². The van der Waals surface area contributed by atoms with Crippen LogP contribution in [0, 0.1) is 11.8 Å². The van der Waals surface area contributed by atoms with Crippen molar-refractivity contribution in [3.63, 3.8) is 0 Å². The topological polar surface area (TPSA) is 211 Å². The molecular weight excluding hydrogens is 597 g/mol. The lowest BCUT2D eigenvalue weighted by atomic mass is 9.82. The van der Waals surface area contributed by atoms with E-state index in [9.17, 15) is 33.1 Å². The Hall–Kier alpha value is 0.245. The van der Waals surface area contributed by atoms with Crippen LogP contribution >= 0.6 is 23.5 Å². The normalized spacial score (nSPS) is 21.0. The zero-order valence-corrected chi connectivity index (χ0v) is 26.9. The van der Waals surface area contributed by atoms with Gasteiger partial charge in [-0.25, -0.2) is 13.7 Å². The highest BCUT2D eigenvalue weighted by molar-refractivity contribution is 7.47. The maximum absolute atomic E-state index is 12.8. The number of halogens is 1. The van der Waals surface area contributed by atoms with Gasteiger partial charge in [0, 0.05) is 25.0 Å². The van der Waals surface area contributed by atoms with Gasteiger partial charge in [-0.15, -0.1) is 4.48 Å². The lowest BCUT2D eigenvalue weighted by Crippen LogP contribution is -2.32. The molecule has 0 rings (SSSR count). The van der Waals surface area contributed by atoms with Crippen molar-refractivity contribution in [1.82, 2.24) is 5.54 Å². The summed E-state index contributed by atoms with van der Waals surface area (Å²) in [6.45, 7) is 6.81.